The van der Waals surface area contributed by atoms with Crippen LogP contribution in [0, 0.1) is 0 Å². The first kappa shape index (κ1) is 24.8. The van der Waals surface area contributed by atoms with Crippen molar-refractivity contribution in [1.29, 1.82) is 0 Å². The number of amidine groups is 1. The van der Waals surface area contributed by atoms with Gasteiger partial charge in [0, 0.05) is 12.1 Å². The Labute approximate surface area is 151 Å². The third-order valence-corrected chi connectivity index (χ3v) is 3.52. The largest absolute Gasteiger partial charge is 0.465 e. The maximum atomic E-state index is 5.77. The van der Waals surface area contributed by atoms with Crippen molar-refractivity contribution in [1.82, 2.24) is 5.32 Å². The molecule has 23 heavy (non-hydrogen) atoms. The van der Waals surface area contributed by atoms with E-state index in [1.165, 1.54) is 57.8 Å². The van der Waals surface area contributed by atoms with Gasteiger partial charge in [0.1, 0.15) is 0 Å². The number of nitrogens with zero attached hydrogens (tertiary/aromatic N) is 1. The van der Waals surface area contributed by atoms with Crippen molar-refractivity contribution >= 4 is 18.4 Å². The van der Waals surface area contributed by atoms with Crippen LogP contribution in [0.4, 0.5) is 0 Å². The molecule has 3 nitrogen and oxygen atoms in total. The maximum Gasteiger partial charge on any atom is 0.285 e. The SMILES string of the molecule is CCCCCCCCCCCCOC(=NC(C)C)NC(C)C.Cl. The van der Waals surface area contributed by atoms with Gasteiger partial charge in [-0.25, -0.2) is 4.99 Å². The molecule has 0 unspecified atom stereocenters. The molecule has 0 aliphatic carbocycles. The number of halogens is 1. The molecule has 0 heterocycles. The van der Waals surface area contributed by atoms with E-state index in [2.05, 4.69) is 44.9 Å². The van der Waals surface area contributed by atoms with Crippen molar-refractivity contribution in [3.63, 3.8) is 0 Å². The molecule has 0 aromatic carbocycles. The fourth-order valence-electron chi connectivity index (χ4n) is 2.36. The van der Waals surface area contributed by atoms with E-state index >= 15 is 0 Å². The first-order valence-corrected chi connectivity index (χ1v) is 9.53. The normalized spacial score (nSPS) is 11.7. The molecule has 140 valence electrons. The molecule has 0 fully saturated rings. The van der Waals surface area contributed by atoms with Crippen LogP contribution in [0.3, 0.4) is 0 Å². The first-order chi connectivity index (χ1) is 10.6. The zero-order chi connectivity index (χ0) is 16.6. The molecule has 0 saturated heterocycles. The second-order valence-electron chi connectivity index (χ2n) is 6.86. The molecule has 0 amide bonds. The molecule has 0 rings (SSSR count). The molecule has 0 saturated carbocycles. The van der Waals surface area contributed by atoms with Gasteiger partial charge >= 0.3 is 0 Å². The Kier molecular flexibility index (Phi) is 19.3. The molecule has 4 heteroatoms. The van der Waals surface area contributed by atoms with Gasteiger partial charge in [0.15, 0.2) is 0 Å². The summed E-state index contributed by atoms with van der Waals surface area (Å²) < 4.78 is 5.77. The van der Waals surface area contributed by atoms with Gasteiger partial charge in [-0.2, -0.15) is 0 Å². The molecule has 1 N–H and O–H groups in total. The van der Waals surface area contributed by atoms with Gasteiger partial charge in [-0.05, 0) is 34.1 Å². The van der Waals surface area contributed by atoms with Crippen LogP contribution < -0.4 is 5.32 Å². The molecule has 0 aliphatic rings. The van der Waals surface area contributed by atoms with E-state index in [0.717, 1.165) is 13.0 Å². The number of hydrogen-bond acceptors (Lipinski definition) is 2. The lowest BCUT2D eigenvalue weighted by Gasteiger charge is -2.15. The molecular formula is C19H41ClN2O. The number of unbranched alkanes of at least 4 members (excludes halogenated alkanes) is 9. The summed E-state index contributed by atoms with van der Waals surface area (Å²) in [5, 5.41) is 3.27. The van der Waals surface area contributed by atoms with E-state index in [0.29, 0.717) is 12.1 Å². The molecule has 0 atom stereocenters. The average Bonchev–Trinajstić information content (AvgIpc) is 2.43. The zero-order valence-electron chi connectivity index (χ0n) is 16.2. The Balaban J connectivity index is 0. The molecule has 0 radical (unpaired) electrons. The summed E-state index contributed by atoms with van der Waals surface area (Å²) in [5.74, 6) is 0. The van der Waals surface area contributed by atoms with Crippen LogP contribution in [0.1, 0.15) is 98.8 Å². The molecule has 0 aliphatic heterocycles. The van der Waals surface area contributed by atoms with Crippen molar-refractivity contribution < 1.29 is 4.74 Å². The minimum atomic E-state index is 0. The van der Waals surface area contributed by atoms with Gasteiger partial charge in [0.05, 0.1) is 6.61 Å². The smallest absolute Gasteiger partial charge is 0.285 e. The third-order valence-electron chi connectivity index (χ3n) is 3.52. The topological polar surface area (TPSA) is 33.6 Å². The van der Waals surface area contributed by atoms with Crippen LogP contribution in [0.5, 0.6) is 0 Å². The van der Waals surface area contributed by atoms with Crippen LogP contribution in [-0.2, 0) is 4.74 Å². The van der Waals surface area contributed by atoms with Crippen LogP contribution in [-0.4, -0.2) is 24.7 Å². The second kappa shape index (κ2) is 17.9. The highest BCUT2D eigenvalue weighted by Crippen LogP contribution is 2.10. The van der Waals surface area contributed by atoms with E-state index in [-0.39, 0.29) is 18.4 Å². The predicted octanol–water partition coefficient (Wildman–Crippen LogP) is 6.11. The zero-order valence-corrected chi connectivity index (χ0v) is 17.0. The number of ether oxygens (including phenoxy) is 1. The van der Waals surface area contributed by atoms with Gasteiger partial charge in [-0.15, -0.1) is 12.4 Å². The lowest BCUT2D eigenvalue weighted by molar-refractivity contribution is 0.272. The van der Waals surface area contributed by atoms with E-state index in [4.69, 9.17) is 4.74 Å². The highest BCUT2D eigenvalue weighted by atomic mass is 35.5. The lowest BCUT2D eigenvalue weighted by atomic mass is 10.1. The molecule has 0 aromatic rings. The number of hydrogen-bond donors (Lipinski definition) is 1. The van der Waals surface area contributed by atoms with Crippen molar-refractivity contribution in [2.24, 2.45) is 4.99 Å². The minimum absolute atomic E-state index is 0. The third kappa shape index (κ3) is 19.5. The summed E-state index contributed by atoms with van der Waals surface area (Å²) in [6.45, 7) is 11.4. The van der Waals surface area contributed by atoms with Gasteiger partial charge in [0.25, 0.3) is 6.02 Å². The van der Waals surface area contributed by atoms with E-state index in [9.17, 15) is 0 Å². The van der Waals surface area contributed by atoms with Gasteiger partial charge in [-0.1, -0.05) is 64.7 Å². The summed E-state index contributed by atoms with van der Waals surface area (Å²) in [5.41, 5.74) is 0. The first-order valence-electron chi connectivity index (χ1n) is 9.53. The Morgan fingerprint density at radius 1 is 0.826 bits per heavy atom. The van der Waals surface area contributed by atoms with Crippen molar-refractivity contribution in [3.8, 4) is 0 Å². The molecule has 0 spiro atoms. The van der Waals surface area contributed by atoms with E-state index in [1.54, 1.807) is 0 Å². The van der Waals surface area contributed by atoms with Crippen molar-refractivity contribution in [2.45, 2.75) is 111 Å². The highest BCUT2D eigenvalue weighted by molar-refractivity contribution is 5.85. The maximum absolute atomic E-state index is 5.77. The second-order valence-corrected chi connectivity index (χ2v) is 6.86. The van der Waals surface area contributed by atoms with Gasteiger partial charge in [-0.3, -0.25) is 0 Å². The Hall–Kier alpha value is -0.440. The number of aliphatic imine (C=N–C) groups is 1. The summed E-state index contributed by atoms with van der Waals surface area (Å²) in [6.07, 6.45) is 13.5. The molecule has 0 bridgehead atoms. The van der Waals surface area contributed by atoms with Gasteiger partial charge < -0.3 is 10.1 Å². The fourth-order valence-corrected chi connectivity index (χ4v) is 2.36. The number of rotatable bonds is 13. The van der Waals surface area contributed by atoms with Crippen LogP contribution in [0.15, 0.2) is 4.99 Å². The van der Waals surface area contributed by atoms with E-state index < -0.39 is 0 Å². The van der Waals surface area contributed by atoms with Crippen molar-refractivity contribution in [2.75, 3.05) is 6.61 Å². The summed E-state index contributed by atoms with van der Waals surface area (Å²) in [4.78, 5) is 4.48. The highest BCUT2D eigenvalue weighted by Gasteiger charge is 2.03. The van der Waals surface area contributed by atoms with Gasteiger partial charge in [0.2, 0.25) is 0 Å². The molecular weight excluding hydrogens is 308 g/mol. The van der Waals surface area contributed by atoms with Crippen LogP contribution in [0.2, 0.25) is 0 Å². The summed E-state index contributed by atoms with van der Waals surface area (Å²) in [7, 11) is 0. The monoisotopic (exact) mass is 348 g/mol. The Morgan fingerprint density at radius 3 is 1.74 bits per heavy atom. The van der Waals surface area contributed by atoms with Crippen molar-refractivity contribution in [3.05, 3.63) is 0 Å². The fraction of sp³-hybridized carbons (Fsp3) is 0.947. The average molecular weight is 349 g/mol. The van der Waals surface area contributed by atoms with E-state index in [1.807, 2.05) is 0 Å². The summed E-state index contributed by atoms with van der Waals surface area (Å²) >= 11 is 0. The predicted molar refractivity (Wildman–Crippen MR) is 106 cm³/mol. The Morgan fingerprint density at radius 2 is 1.30 bits per heavy atom. The molecule has 0 aromatic heterocycles. The lowest BCUT2D eigenvalue weighted by Crippen LogP contribution is -2.33. The quantitative estimate of drug-likeness (QED) is 0.247. The minimum Gasteiger partial charge on any atom is -0.465 e. The van der Waals surface area contributed by atoms with Crippen LogP contribution >= 0.6 is 12.4 Å². The standard InChI is InChI=1S/C19H40N2O.ClH/c1-6-7-8-9-10-11-12-13-14-15-16-22-19(20-17(2)3)21-18(4)5;/h17-18H,6-16H2,1-5H3,(H,20,21);1H. The summed E-state index contributed by atoms with van der Waals surface area (Å²) in [6, 6.07) is 1.35. The number of nitrogens with one attached hydrogen (secondary N) is 1. The van der Waals surface area contributed by atoms with Crippen LogP contribution in [0.25, 0.3) is 0 Å². The Bertz CT molecular complexity index is 268.